The molecule has 1 N–H and O–H groups in total. The summed E-state index contributed by atoms with van der Waals surface area (Å²) in [4.78, 5) is 42.6. The van der Waals surface area contributed by atoms with Crippen molar-refractivity contribution in [2.75, 3.05) is 26.2 Å². The summed E-state index contributed by atoms with van der Waals surface area (Å²) in [6.07, 6.45) is 0.0312. The number of likely N-dealkylation sites (tertiary alicyclic amines) is 2. The predicted octanol–water partition coefficient (Wildman–Crippen LogP) is 2.89. The summed E-state index contributed by atoms with van der Waals surface area (Å²) in [7, 11) is 0. The number of carbonyl (C=O) groups is 3. The first-order valence-electron chi connectivity index (χ1n) is 10.3. The Kier molecular flexibility index (Phi) is 6.56. The number of carbonyl (C=O) groups excluding carboxylic acids is 2. The maximum Gasteiger partial charge on any atom is 0.490 e. The highest BCUT2D eigenvalue weighted by atomic mass is 19.4. The highest BCUT2D eigenvalue weighted by Gasteiger charge is 2.49. The number of carboxylic acids is 1. The van der Waals surface area contributed by atoms with Crippen LogP contribution in [0.15, 0.2) is 18.2 Å². The summed E-state index contributed by atoms with van der Waals surface area (Å²) in [6, 6.07) is 5.54. The molecule has 0 unspecified atom stereocenters. The third-order valence-corrected chi connectivity index (χ3v) is 6.13. The van der Waals surface area contributed by atoms with E-state index >= 15 is 0 Å². The zero-order chi connectivity index (χ0) is 22.8. The second-order valence-electron chi connectivity index (χ2n) is 8.48. The van der Waals surface area contributed by atoms with Crippen LogP contribution in [0.1, 0.15) is 48.3 Å². The van der Waals surface area contributed by atoms with Gasteiger partial charge in [0.15, 0.2) is 0 Å². The molecule has 4 rings (SSSR count). The molecule has 7 nitrogen and oxygen atoms in total. The first-order chi connectivity index (χ1) is 14.5. The minimum atomic E-state index is -5.08. The van der Waals surface area contributed by atoms with E-state index in [2.05, 4.69) is 9.88 Å². The molecule has 1 spiro atoms. The molecule has 0 atom stereocenters. The Bertz CT molecular complexity index is 847. The number of hydrogen-bond donors (Lipinski definition) is 1. The van der Waals surface area contributed by atoms with Gasteiger partial charge in [-0.2, -0.15) is 13.2 Å². The number of halogens is 3. The summed E-state index contributed by atoms with van der Waals surface area (Å²) >= 11 is 0. The standard InChI is InChI=1S/C19H25N3O2.C2HF3O2/c1-14-3-2-4-16(20-14)17(23)21-10-7-19(8-11-21)9-12-22(18(19)24)13-15-5-6-15;3-2(4,5)1(6)7/h2-4,15H,5-13H2,1H3;(H,6,7). The number of nitrogens with zero attached hydrogens (tertiary/aromatic N) is 3. The number of amides is 2. The van der Waals surface area contributed by atoms with Gasteiger partial charge in [0.05, 0.1) is 5.41 Å². The van der Waals surface area contributed by atoms with Crippen LogP contribution in [0.4, 0.5) is 13.2 Å². The Hall–Kier alpha value is -2.65. The Morgan fingerprint density at radius 2 is 1.74 bits per heavy atom. The summed E-state index contributed by atoms with van der Waals surface area (Å²) in [5.74, 6) is -1.67. The zero-order valence-electron chi connectivity index (χ0n) is 17.3. The molecule has 0 bridgehead atoms. The van der Waals surface area contributed by atoms with Crippen molar-refractivity contribution in [2.45, 2.75) is 45.2 Å². The van der Waals surface area contributed by atoms with Crippen molar-refractivity contribution in [3.8, 4) is 0 Å². The largest absolute Gasteiger partial charge is 0.490 e. The van der Waals surface area contributed by atoms with Gasteiger partial charge in [-0.1, -0.05) is 6.07 Å². The number of pyridine rings is 1. The predicted molar refractivity (Wildman–Crippen MR) is 104 cm³/mol. The lowest BCUT2D eigenvalue weighted by Gasteiger charge is -2.37. The van der Waals surface area contributed by atoms with Crippen LogP contribution >= 0.6 is 0 Å². The van der Waals surface area contributed by atoms with Crippen LogP contribution in [0.25, 0.3) is 0 Å². The molecule has 3 fully saturated rings. The normalized spacial score (nSPS) is 20.5. The molecular formula is C21H26F3N3O4. The molecule has 2 aliphatic heterocycles. The van der Waals surface area contributed by atoms with Crippen molar-refractivity contribution < 1.29 is 32.7 Å². The maximum atomic E-state index is 12.8. The number of alkyl halides is 3. The maximum absolute atomic E-state index is 12.8. The minimum absolute atomic E-state index is 0.00571. The number of aliphatic carboxylic acids is 1. The SMILES string of the molecule is Cc1cccc(C(=O)N2CCC3(CC2)CCN(CC2CC2)C3=O)n1.O=C(O)C(F)(F)F. The van der Waals surface area contributed by atoms with Crippen molar-refractivity contribution in [1.29, 1.82) is 0 Å². The molecule has 1 aliphatic carbocycles. The van der Waals surface area contributed by atoms with E-state index < -0.39 is 12.1 Å². The highest BCUT2D eigenvalue weighted by Crippen LogP contribution is 2.43. The van der Waals surface area contributed by atoms with E-state index in [0.29, 0.717) is 24.7 Å². The molecule has 170 valence electrons. The van der Waals surface area contributed by atoms with E-state index in [4.69, 9.17) is 9.90 Å². The number of carboxylic acid groups (broad SMARTS) is 1. The summed E-state index contributed by atoms with van der Waals surface area (Å²) < 4.78 is 31.7. The van der Waals surface area contributed by atoms with Crippen LogP contribution < -0.4 is 0 Å². The zero-order valence-corrected chi connectivity index (χ0v) is 17.3. The quantitative estimate of drug-likeness (QED) is 0.779. The van der Waals surface area contributed by atoms with E-state index in [1.807, 2.05) is 24.0 Å². The van der Waals surface area contributed by atoms with Gasteiger partial charge in [-0.25, -0.2) is 9.78 Å². The van der Waals surface area contributed by atoms with Gasteiger partial charge >= 0.3 is 12.1 Å². The fraction of sp³-hybridized carbons (Fsp3) is 0.619. The number of rotatable bonds is 3. The molecule has 0 aromatic carbocycles. The highest BCUT2D eigenvalue weighted by molar-refractivity contribution is 5.93. The van der Waals surface area contributed by atoms with Crippen LogP contribution in [0, 0.1) is 18.3 Å². The van der Waals surface area contributed by atoms with Gasteiger partial charge in [0.1, 0.15) is 5.69 Å². The van der Waals surface area contributed by atoms with Crippen LogP contribution in [0.5, 0.6) is 0 Å². The minimum Gasteiger partial charge on any atom is -0.475 e. The smallest absolute Gasteiger partial charge is 0.475 e. The summed E-state index contributed by atoms with van der Waals surface area (Å²) in [5, 5.41) is 7.12. The second kappa shape index (κ2) is 8.84. The van der Waals surface area contributed by atoms with E-state index in [-0.39, 0.29) is 11.3 Å². The van der Waals surface area contributed by atoms with E-state index in [1.165, 1.54) is 12.8 Å². The van der Waals surface area contributed by atoms with E-state index in [1.54, 1.807) is 6.07 Å². The molecule has 0 radical (unpaired) electrons. The summed E-state index contributed by atoms with van der Waals surface area (Å²) in [6.45, 7) is 5.09. The van der Waals surface area contributed by atoms with Gasteiger partial charge in [0, 0.05) is 31.9 Å². The molecular weight excluding hydrogens is 415 g/mol. The van der Waals surface area contributed by atoms with Crippen LogP contribution in [-0.4, -0.2) is 70.0 Å². The average molecular weight is 441 g/mol. The molecule has 31 heavy (non-hydrogen) atoms. The Morgan fingerprint density at radius 1 is 1.16 bits per heavy atom. The van der Waals surface area contributed by atoms with Crippen molar-refractivity contribution in [2.24, 2.45) is 11.3 Å². The molecule has 1 aromatic rings. The first kappa shape index (κ1) is 23.0. The van der Waals surface area contributed by atoms with Crippen molar-refractivity contribution in [1.82, 2.24) is 14.8 Å². The number of aromatic nitrogens is 1. The van der Waals surface area contributed by atoms with Crippen LogP contribution in [-0.2, 0) is 9.59 Å². The van der Waals surface area contributed by atoms with Crippen LogP contribution in [0.3, 0.4) is 0 Å². The first-order valence-corrected chi connectivity index (χ1v) is 10.3. The van der Waals surface area contributed by atoms with Gasteiger partial charge < -0.3 is 14.9 Å². The Labute approximate surface area is 178 Å². The van der Waals surface area contributed by atoms with Crippen LogP contribution in [0.2, 0.25) is 0 Å². The molecule has 3 aliphatic rings. The third-order valence-electron chi connectivity index (χ3n) is 6.13. The molecule has 3 heterocycles. The lowest BCUT2D eigenvalue weighted by Crippen LogP contribution is -2.47. The van der Waals surface area contributed by atoms with Gasteiger partial charge in [-0.15, -0.1) is 0 Å². The molecule has 10 heteroatoms. The number of aryl methyl sites for hydroxylation is 1. The van der Waals surface area contributed by atoms with Crippen molar-refractivity contribution in [3.63, 3.8) is 0 Å². The molecule has 2 saturated heterocycles. The van der Waals surface area contributed by atoms with E-state index in [0.717, 1.165) is 44.0 Å². The third kappa shape index (κ3) is 5.54. The van der Waals surface area contributed by atoms with E-state index in [9.17, 15) is 22.8 Å². The Balaban J connectivity index is 0.000000339. The van der Waals surface area contributed by atoms with Gasteiger partial charge in [-0.05, 0) is 57.1 Å². The van der Waals surface area contributed by atoms with Gasteiger partial charge in [-0.3, -0.25) is 9.59 Å². The van der Waals surface area contributed by atoms with Crippen molar-refractivity contribution in [3.05, 3.63) is 29.6 Å². The molecule has 2 amide bonds. The fourth-order valence-corrected chi connectivity index (χ4v) is 4.11. The molecule has 1 saturated carbocycles. The Morgan fingerprint density at radius 3 is 2.26 bits per heavy atom. The monoisotopic (exact) mass is 441 g/mol. The fourth-order valence-electron chi connectivity index (χ4n) is 4.11. The van der Waals surface area contributed by atoms with Crippen molar-refractivity contribution >= 4 is 17.8 Å². The van der Waals surface area contributed by atoms with Gasteiger partial charge in [0.2, 0.25) is 5.91 Å². The number of piperidine rings is 1. The second-order valence-corrected chi connectivity index (χ2v) is 8.48. The van der Waals surface area contributed by atoms with Gasteiger partial charge in [0.25, 0.3) is 5.91 Å². The summed E-state index contributed by atoms with van der Waals surface area (Å²) in [5.41, 5.74) is 1.17. The topological polar surface area (TPSA) is 90.8 Å². The number of hydrogen-bond acceptors (Lipinski definition) is 4. The molecule has 1 aromatic heterocycles. The lowest BCUT2D eigenvalue weighted by atomic mass is 9.77. The lowest BCUT2D eigenvalue weighted by molar-refractivity contribution is -0.192. The average Bonchev–Trinajstić information content (AvgIpc) is 3.49.